The molecule has 0 spiro atoms. The number of carbonyl (C=O) groups is 1. The lowest BCUT2D eigenvalue weighted by molar-refractivity contribution is -0.135. The van der Waals surface area contributed by atoms with E-state index in [0.717, 1.165) is 5.75 Å². The molecule has 0 saturated heterocycles. The van der Waals surface area contributed by atoms with Crippen molar-refractivity contribution in [1.82, 2.24) is 10.1 Å². The predicted octanol–water partition coefficient (Wildman–Crippen LogP) is 6.60. The van der Waals surface area contributed by atoms with Crippen molar-refractivity contribution in [2.75, 3.05) is 0 Å². The highest BCUT2D eigenvalue weighted by Gasteiger charge is 2.40. The van der Waals surface area contributed by atoms with Crippen molar-refractivity contribution in [1.29, 1.82) is 0 Å². The van der Waals surface area contributed by atoms with E-state index in [0.29, 0.717) is 23.6 Å². The van der Waals surface area contributed by atoms with Crippen LogP contribution in [0.25, 0.3) is 11.4 Å². The number of pyridine rings is 1. The van der Waals surface area contributed by atoms with Crippen LogP contribution >= 0.6 is 0 Å². The number of aryl methyl sites for hydroxylation is 1. The van der Waals surface area contributed by atoms with Gasteiger partial charge in [-0.3, -0.25) is 9.78 Å². The summed E-state index contributed by atoms with van der Waals surface area (Å²) in [4.78, 5) is 16.8. The van der Waals surface area contributed by atoms with E-state index < -0.39 is 16.6 Å². The molecule has 0 aliphatic carbocycles. The van der Waals surface area contributed by atoms with Gasteiger partial charge in [-0.05, 0) is 48.4 Å². The van der Waals surface area contributed by atoms with E-state index in [1.165, 1.54) is 0 Å². The van der Waals surface area contributed by atoms with Gasteiger partial charge >= 0.3 is 0 Å². The first kappa shape index (κ1) is 25.3. The summed E-state index contributed by atoms with van der Waals surface area (Å²) in [6, 6.07) is 5.64. The summed E-state index contributed by atoms with van der Waals surface area (Å²) < 4.78 is 17.5. The molecule has 0 aromatic carbocycles. The van der Waals surface area contributed by atoms with E-state index in [4.69, 9.17) is 13.4 Å². The second-order valence-corrected chi connectivity index (χ2v) is 20.6. The molecule has 0 bridgehead atoms. The summed E-state index contributed by atoms with van der Waals surface area (Å²) >= 11 is 0. The smallest absolute Gasteiger partial charge is 0.292 e. The molecule has 172 valence electrons. The fraction of sp³-hybridized carbons (Fsp3) is 0.609. The SMILES string of the molecule is CC(C)(C)[Si](C)(C)OC(=O)CCc1cc(-c2ccc(O[Si](C)(C)C(C)(C)C)cn2)no1. The Labute approximate surface area is 189 Å². The number of hydrogen-bond donors (Lipinski definition) is 0. The van der Waals surface area contributed by atoms with Crippen LogP contribution in [0.2, 0.25) is 36.3 Å². The van der Waals surface area contributed by atoms with Crippen LogP contribution in [0.15, 0.2) is 28.9 Å². The van der Waals surface area contributed by atoms with Crippen LogP contribution in [-0.2, 0) is 15.6 Å². The largest absolute Gasteiger partial charge is 0.542 e. The van der Waals surface area contributed by atoms with Crippen LogP contribution in [0.5, 0.6) is 5.75 Å². The summed E-state index contributed by atoms with van der Waals surface area (Å²) in [6.45, 7) is 21.5. The van der Waals surface area contributed by atoms with Crippen LogP contribution in [-0.4, -0.2) is 32.7 Å². The van der Waals surface area contributed by atoms with E-state index in [9.17, 15) is 4.79 Å². The van der Waals surface area contributed by atoms with E-state index >= 15 is 0 Å². The highest BCUT2D eigenvalue weighted by molar-refractivity contribution is 6.75. The number of aromatic nitrogens is 2. The van der Waals surface area contributed by atoms with Gasteiger partial charge in [0.1, 0.15) is 17.2 Å². The molecule has 31 heavy (non-hydrogen) atoms. The molecule has 0 aliphatic rings. The van der Waals surface area contributed by atoms with Gasteiger partial charge in [-0.2, -0.15) is 0 Å². The van der Waals surface area contributed by atoms with Gasteiger partial charge in [-0.25, -0.2) is 0 Å². The minimum Gasteiger partial charge on any atom is -0.542 e. The van der Waals surface area contributed by atoms with Crippen LogP contribution in [0, 0.1) is 0 Å². The third kappa shape index (κ3) is 6.52. The zero-order valence-electron chi connectivity index (χ0n) is 20.8. The molecule has 2 heterocycles. The summed E-state index contributed by atoms with van der Waals surface area (Å²) in [5, 5.41) is 4.23. The van der Waals surface area contributed by atoms with Crippen molar-refractivity contribution in [2.45, 2.75) is 90.6 Å². The summed E-state index contributed by atoms with van der Waals surface area (Å²) in [5.41, 5.74) is 1.35. The molecule has 2 rings (SSSR count). The van der Waals surface area contributed by atoms with Gasteiger partial charge < -0.3 is 13.4 Å². The second kappa shape index (κ2) is 8.90. The lowest BCUT2D eigenvalue weighted by Gasteiger charge is -2.36. The summed E-state index contributed by atoms with van der Waals surface area (Å²) in [7, 11) is -4.01. The Morgan fingerprint density at radius 3 is 2.10 bits per heavy atom. The third-order valence-electron chi connectivity index (χ3n) is 6.49. The maximum Gasteiger partial charge on any atom is 0.292 e. The third-order valence-corrected chi connectivity index (χ3v) is 15.2. The number of rotatable bonds is 7. The molecule has 0 fully saturated rings. The Balaban J connectivity index is 1.98. The average Bonchev–Trinajstić information content (AvgIpc) is 3.07. The van der Waals surface area contributed by atoms with Gasteiger partial charge in [0.15, 0.2) is 0 Å². The van der Waals surface area contributed by atoms with Crippen molar-refractivity contribution in [2.24, 2.45) is 0 Å². The Morgan fingerprint density at radius 1 is 0.968 bits per heavy atom. The predicted molar refractivity (Wildman–Crippen MR) is 129 cm³/mol. The van der Waals surface area contributed by atoms with E-state index in [1.54, 1.807) is 6.20 Å². The fourth-order valence-corrected chi connectivity index (χ4v) is 4.30. The van der Waals surface area contributed by atoms with Crippen molar-refractivity contribution in [3.05, 3.63) is 30.2 Å². The summed E-state index contributed by atoms with van der Waals surface area (Å²) in [5.74, 6) is 1.23. The molecule has 0 unspecified atom stereocenters. The van der Waals surface area contributed by atoms with Crippen LogP contribution in [0.3, 0.4) is 0 Å². The Hall–Kier alpha value is -1.94. The first-order valence-corrected chi connectivity index (χ1v) is 16.7. The Morgan fingerprint density at radius 2 is 1.58 bits per heavy atom. The zero-order chi connectivity index (χ0) is 23.7. The van der Waals surface area contributed by atoms with Gasteiger partial charge in [-0.15, -0.1) is 0 Å². The molecule has 0 atom stereocenters. The van der Waals surface area contributed by atoms with Crippen molar-refractivity contribution < 1.29 is 18.2 Å². The Bertz CT molecular complexity index is 892. The van der Waals surface area contributed by atoms with Crippen molar-refractivity contribution in [3.63, 3.8) is 0 Å². The standard InChI is InChI=1S/C23H38N2O4Si2/c1-22(2,3)30(7,8)28-18-11-13-19(24-16-18)20-15-17(27-25-20)12-14-21(26)29-31(9,10)23(4,5)6/h11,13,15-16H,12,14H2,1-10H3. The maximum absolute atomic E-state index is 12.3. The molecule has 0 saturated carbocycles. The minimum absolute atomic E-state index is 0.00576. The van der Waals surface area contributed by atoms with Gasteiger partial charge in [-0.1, -0.05) is 46.7 Å². The number of hydrogen-bond acceptors (Lipinski definition) is 6. The summed E-state index contributed by atoms with van der Waals surface area (Å²) in [6.07, 6.45) is 2.46. The van der Waals surface area contributed by atoms with E-state index in [-0.39, 0.29) is 22.5 Å². The van der Waals surface area contributed by atoms with Gasteiger partial charge in [0.25, 0.3) is 22.6 Å². The molecule has 6 nitrogen and oxygen atoms in total. The topological polar surface area (TPSA) is 74.5 Å². The highest BCUT2D eigenvalue weighted by Crippen LogP contribution is 2.38. The van der Waals surface area contributed by atoms with Crippen LogP contribution in [0.1, 0.15) is 53.7 Å². The molecular formula is C23H38N2O4Si2. The molecule has 2 aromatic heterocycles. The zero-order valence-corrected chi connectivity index (χ0v) is 22.8. The molecule has 0 N–H and O–H groups in total. The molecule has 8 heteroatoms. The van der Waals surface area contributed by atoms with Gasteiger partial charge in [0, 0.05) is 12.5 Å². The van der Waals surface area contributed by atoms with E-state index in [2.05, 4.69) is 77.9 Å². The van der Waals surface area contributed by atoms with Crippen LogP contribution < -0.4 is 4.43 Å². The van der Waals surface area contributed by atoms with Crippen molar-refractivity contribution in [3.8, 4) is 17.1 Å². The quantitative estimate of drug-likeness (QED) is 0.431. The molecule has 2 aromatic rings. The first-order valence-electron chi connectivity index (χ1n) is 10.8. The molecule has 0 radical (unpaired) electrons. The lowest BCUT2D eigenvalue weighted by Crippen LogP contribution is -2.43. The first-order chi connectivity index (χ1) is 14.0. The molecular weight excluding hydrogens is 424 g/mol. The second-order valence-electron chi connectivity index (χ2n) is 11.2. The lowest BCUT2D eigenvalue weighted by atomic mass is 10.2. The number of nitrogens with zero attached hydrogens (tertiary/aromatic N) is 2. The number of carbonyl (C=O) groups excluding carboxylic acids is 1. The molecule has 0 amide bonds. The van der Waals surface area contributed by atoms with E-state index in [1.807, 2.05) is 18.2 Å². The monoisotopic (exact) mass is 462 g/mol. The van der Waals surface area contributed by atoms with Crippen LogP contribution in [0.4, 0.5) is 0 Å². The maximum atomic E-state index is 12.3. The average molecular weight is 463 g/mol. The normalized spacial score (nSPS) is 13.2. The molecule has 0 aliphatic heterocycles. The van der Waals surface area contributed by atoms with Gasteiger partial charge in [0.05, 0.1) is 18.3 Å². The highest BCUT2D eigenvalue weighted by atomic mass is 28.4. The van der Waals surface area contributed by atoms with Gasteiger partial charge in [0.2, 0.25) is 0 Å². The fourth-order valence-electron chi connectivity index (χ4n) is 2.31. The van der Waals surface area contributed by atoms with Crippen molar-refractivity contribution >= 4 is 22.6 Å². The Kier molecular flexibility index (Phi) is 7.27. The minimum atomic E-state index is -2.10.